The van der Waals surface area contributed by atoms with E-state index in [2.05, 4.69) is 208 Å². The SMILES string of the molecule is COCC(O)Cc1ccc(NC(=O)c2ncc(C)[nH]2)c(C2=CCC(C)(C)CC2)c1.Cc1cnc(C(=O)Nc2ccc(/C=C/C(=O)O)cc2C2=CCCCC2)[nH]1.Cc1cnc(C(=O)Nc2ccc(C(C)(C)N3CCCC3)cc2C2=CCC(C)(C)CC2)[nH]1.Cc1cnc(C(=O)Nc2ccc(C(O)C(=O)O)cc2C2=CCC(C)(C)CC2)[nH]1.Cc1cnc(C(=O)Nc2ccc(CN3CCOCC3)cc2C2=CCCCC2)[nH]1.Cl. The maximum atomic E-state index is 12.8. The summed E-state index contributed by atoms with van der Waals surface area (Å²) in [6.07, 6.45) is 40.8. The second-order valence-corrected chi connectivity index (χ2v) is 41.1. The molecule has 0 spiro atoms. The molecule has 2 fully saturated rings. The molecule has 31 heteroatoms. The van der Waals surface area contributed by atoms with Crippen LogP contribution in [0.2, 0.25) is 0 Å². The number of hydrogen-bond acceptors (Lipinski definition) is 18. The Bertz CT molecular complexity index is 6350. The predicted molar refractivity (Wildman–Crippen MR) is 566 cm³/mol. The number of imidazole rings is 5. The van der Waals surface area contributed by atoms with Crippen molar-refractivity contribution >= 4 is 116 Å². The van der Waals surface area contributed by atoms with E-state index in [0.29, 0.717) is 52.7 Å². The molecule has 17 rings (SSSR count). The predicted octanol–water partition coefficient (Wildman–Crippen LogP) is 21.9. The molecule has 5 aliphatic carbocycles. The molecule has 0 bridgehead atoms. The van der Waals surface area contributed by atoms with E-state index < -0.39 is 24.1 Å². The highest BCUT2D eigenvalue weighted by Gasteiger charge is 2.35. The highest BCUT2D eigenvalue weighted by Crippen LogP contribution is 2.46. The van der Waals surface area contributed by atoms with Crippen LogP contribution in [-0.2, 0) is 37.6 Å². The number of carbonyl (C=O) groups excluding carboxylic acids is 5. The number of H-pyrrole nitrogens is 5. The number of benzene rings is 5. The van der Waals surface area contributed by atoms with Gasteiger partial charge in [-0.05, 0) is 322 Å². The van der Waals surface area contributed by atoms with Gasteiger partial charge in [-0.15, -0.1) is 12.4 Å². The molecule has 2 saturated heterocycles. The zero-order valence-corrected chi connectivity index (χ0v) is 85.9. The highest BCUT2D eigenvalue weighted by molar-refractivity contribution is 6.07. The number of ether oxygens (including phenoxy) is 2. The lowest BCUT2D eigenvalue weighted by Crippen LogP contribution is -2.39. The van der Waals surface area contributed by atoms with E-state index in [1.54, 1.807) is 68.4 Å². The van der Waals surface area contributed by atoms with Gasteiger partial charge in [-0.1, -0.05) is 102 Å². The number of aliphatic carboxylic acids is 2. The molecule has 760 valence electrons. The maximum Gasteiger partial charge on any atom is 0.337 e. The highest BCUT2D eigenvalue weighted by atomic mass is 35.5. The number of halogens is 1. The van der Waals surface area contributed by atoms with Gasteiger partial charge in [-0.25, -0.2) is 34.5 Å². The number of anilines is 5. The van der Waals surface area contributed by atoms with Gasteiger partial charge >= 0.3 is 11.9 Å². The fraction of sp³-hybridized carbons (Fsp3) is 0.429. The smallest absolute Gasteiger partial charge is 0.337 e. The quantitative estimate of drug-likeness (QED) is 0.0213. The summed E-state index contributed by atoms with van der Waals surface area (Å²) in [6, 6.07) is 29.2. The summed E-state index contributed by atoms with van der Waals surface area (Å²) in [5.41, 5.74) is 24.5. The number of likely N-dealkylation sites (tertiary alicyclic amines) is 1. The zero-order valence-electron chi connectivity index (χ0n) is 85.0. The van der Waals surface area contributed by atoms with Crippen molar-refractivity contribution in [2.75, 3.05) is 79.7 Å². The van der Waals surface area contributed by atoms with E-state index in [1.165, 1.54) is 65.2 Å². The van der Waals surface area contributed by atoms with Crippen molar-refractivity contribution in [1.29, 1.82) is 0 Å². The number of hydrogen-bond donors (Lipinski definition) is 14. The summed E-state index contributed by atoms with van der Waals surface area (Å²) in [5.74, 6) is -2.18. The second-order valence-electron chi connectivity index (χ2n) is 41.1. The lowest BCUT2D eigenvalue weighted by atomic mass is 9.76. The van der Waals surface area contributed by atoms with Crippen molar-refractivity contribution < 1.29 is 63.5 Å². The van der Waals surface area contributed by atoms with Crippen molar-refractivity contribution in [3.63, 3.8) is 0 Å². The number of nitrogens with zero attached hydrogens (tertiary/aromatic N) is 7. The Balaban J connectivity index is 0.000000159. The molecule has 7 heterocycles. The van der Waals surface area contributed by atoms with E-state index in [1.807, 2.05) is 58.9 Å². The van der Waals surface area contributed by atoms with Crippen LogP contribution < -0.4 is 26.6 Å². The van der Waals surface area contributed by atoms with Crippen LogP contribution in [0, 0.1) is 50.9 Å². The van der Waals surface area contributed by atoms with E-state index in [0.717, 1.165) is 238 Å². The number of methoxy groups -OCH3 is 1. The average Bonchev–Trinajstić information content (AvgIpc) is 1.42. The first kappa shape index (κ1) is 109. The molecule has 2 unspecified atom stereocenters. The summed E-state index contributed by atoms with van der Waals surface area (Å²) in [7, 11) is 1.58. The van der Waals surface area contributed by atoms with Crippen molar-refractivity contribution in [1.82, 2.24) is 59.6 Å². The van der Waals surface area contributed by atoms with Crippen LogP contribution >= 0.6 is 12.4 Å². The lowest BCUT2D eigenvalue weighted by molar-refractivity contribution is -0.147. The van der Waals surface area contributed by atoms with Gasteiger partial charge in [-0.3, -0.25) is 33.8 Å². The Morgan fingerprint density at radius 3 is 1.18 bits per heavy atom. The third-order valence-corrected chi connectivity index (χ3v) is 27.2. The summed E-state index contributed by atoms with van der Waals surface area (Å²) in [5, 5.41) is 53.0. The van der Waals surface area contributed by atoms with Gasteiger partial charge in [0.05, 0.1) is 25.9 Å². The van der Waals surface area contributed by atoms with E-state index >= 15 is 0 Å². The van der Waals surface area contributed by atoms with E-state index in [9.17, 15) is 43.8 Å². The topological polar surface area (TPSA) is 429 Å². The van der Waals surface area contributed by atoms with E-state index in [-0.39, 0.29) is 70.1 Å². The lowest BCUT2D eigenvalue weighted by Gasteiger charge is -2.37. The van der Waals surface area contributed by atoms with Gasteiger partial charge in [0.2, 0.25) is 0 Å². The van der Waals surface area contributed by atoms with Crippen LogP contribution in [0.5, 0.6) is 0 Å². The Hall–Kier alpha value is -13.1. The Morgan fingerprint density at radius 2 is 0.818 bits per heavy atom. The van der Waals surface area contributed by atoms with Gasteiger partial charge in [0, 0.05) is 160 Å². The number of rotatable bonds is 27. The van der Waals surface area contributed by atoms with Crippen LogP contribution in [0.15, 0.2) is 158 Å². The Morgan fingerprint density at radius 1 is 0.455 bits per heavy atom. The fourth-order valence-corrected chi connectivity index (χ4v) is 18.6. The monoisotopic (exact) mass is 1970 g/mol. The number of allylic oxidation sites excluding steroid dienone is 10. The number of aromatic nitrogens is 10. The molecule has 7 aliphatic rings. The number of aryl methyl sites for hydroxylation is 5. The summed E-state index contributed by atoms with van der Waals surface area (Å²) < 4.78 is 10.5. The number of morpholine rings is 1. The van der Waals surface area contributed by atoms with E-state index in [4.69, 9.17) is 19.7 Å². The molecule has 143 heavy (non-hydrogen) atoms. The van der Waals surface area contributed by atoms with Crippen molar-refractivity contribution in [2.45, 2.75) is 243 Å². The molecule has 0 radical (unpaired) electrons. The molecule has 14 N–H and O–H groups in total. The second kappa shape index (κ2) is 49.8. The number of carbonyl (C=O) groups is 7. The number of nitrogens with one attached hydrogen (secondary N) is 10. The molecule has 2 aliphatic heterocycles. The first-order valence-electron chi connectivity index (χ1n) is 49.6. The summed E-state index contributed by atoms with van der Waals surface area (Å²) >= 11 is 0. The number of aliphatic hydroxyl groups excluding tert-OH is 2. The normalized spacial score (nSPS) is 17.0. The molecule has 2 atom stereocenters. The molecule has 10 aromatic rings. The minimum Gasteiger partial charge on any atom is -0.479 e. The molecule has 5 aromatic carbocycles. The van der Waals surface area contributed by atoms with Gasteiger partial charge < -0.3 is 81.4 Å². The average molecular weight is 1970 g/mol. The first-order chi connectivity index (χ1) is 67.8. The fourth-order valence-electron chi connectivity index (χ4n) is 18.6. The third kappa shape index (κ3) is 30.7. The molecular formula is C112H142ClN17O13. The molecule has 30 nitrogen and oxygen atoms in total. The standard InChI is InChI=1S/C26H36N4O.C23H31N3O3.C22H28N4O2.C21H25N3O4.C20H21N3O3.ClH/c1-18-17-27-23(28-18)24(31)29-22-9-8-20(26(4,5)30-14-6-7-15-30)16-21(22)19-10-12-25(2,3)13-11-19;1-15-13-24-21(25-15)22(28)26-20-6-5-16(11-18(27)14-29-4)12-19(20)17-7-9-23(2,3)10-8-17;1-16-14-23-21(24-16)22(27)25-20-8-7-17(15-26-9-11-28-12-10-26)13-19(20)18-5-3-2-4-6-18;1-12-11-22-18(23-12)19(26)24-16-5-4-14(17(25)20(27)28)10-15(16)13-6-8-21(2,3)9-7-13;1-13-12-21-19(22-13)20(26)23-17-9-7-14(8-10-18(24)25)11-16(17)15-5-3-2-4-6-15;/h8-10,16-17H,6-7,11-15H2,1-5H3,(H,27,28)(H,29,31);5-7,12-13,18,27H,8-11,14H2,1-4H3,(H,24,25)(H,26,28);5,7-8,13-14H,2-4,6,9-12,15H2,1H3,(H,23,24)(H,25,27);4-6,10-11,17,25H,7-9H2,1-3H3,(H,22,23)(H,24,26)(H,27,28);5,7-12H,2-4,6H2,1H3,(H,21,22)(H,23,26)(H,24,25);1H/b;;;;10-8+;. The number of aliphatic hydroxyl groups is 2. The zero-order chi connectivity index (χ0) is 102. The van der Waals surface area contributed by atoms with Crippen LogP contribution in [0.3, 0.4) is 0 Å². The van der Waals surface area contributed by atoms with Gasteiger partial charge in [-0.2, -0.15) is 0 Å². The van der Waals surface area contributed by atoms with Crippen LogP contribution in [-0.4, -0.2) is 181 Å². The molecule has 5 aromatic heterocycles. The van der Waals surface area contributed by atoms with Gasteiger partial charge in [0.15, 0.2) is 35.2 Å². The number of amides is 5. The largest absolute Gasteiger partial charge is 0.479 e. The maximum absolute atomic E-state index is 12.8. The molecule has 0 saturated carbocycles. The van der Waals surface area contributed by atoms with Gasteiger partial charge in [0.25, 0.3) is 29.5 Å². The number of carboxylic acid groups (broad SMARTS) is 2. The number of carboxylic acids is 2. The molecule has 5 amide bonds. The van der Waals surface area contributed by atoms with Crippen molar-refractivity contribution in [3.8, 4) is 0 Å². The summed E-state index contributed by atoms with van der Waals surface area (Å²) in [6.45, 7) is 34.6. The van der Waals surface area contributed by atoms with Crippen molar-refractivity contribution in [3.05, 3.63) is 272 Å². The Kier molecular flexibility index (Phi) is 37.8. The Labute approximate surface area is 844 Å². The van der Waals surface area contributed by atoms with Crippen LogP contribution in [0.4, 0.5) is 28.4 Å². The van der Waals surface area contributed by atoms with Crippen LogP contribution in [0.25, 0.3) is 33.9 Å². The van der Waals surface area contributed by atoms with Crippen molar-refractivity contribution in [2.24, 2.45) is 16.2 Å². The minimum absolute atomic E-state index is 0. The molecular weight excluding hydrogens is 1830 g/mol. The van der Waals surface area contributed by atoms with Gasteiger partial charge in [0.1, 0.15) is 0 Å². The summed E-state index contributed by atoms with van der Waals surface area (Å²) in [4.78, 5) is 125. The minimum atomic E-state index is -1.61. The third-order valence-electron chi connectivity index (χ3n) is 27.2. The van der Waals surface area contributed by atoms with Crippen LogP contribution in [0.1, 0.15) is 321 Å². The number of aromatic amines is 5. The first-order valence-corrected chi connectivity index (χ1v) is 49.6.